The summed E-state index contributed by atoms with van der Waals surface area (Å²) >= 11 is 4.51. The van der Waals surface area contributed by atoms with Gasteiger partial charge in [-0.25, -0.2) is 9.78 Å². The number of rotatable bonds is 3. The highest BCUT2D eigenvalue weighted by Gasteiger charge is 2.22. The number of methoxy groups -OCH3 is 1. The predicted molar refractivity (Wildman–Crippen MR) is 85.8 cm³/mol. The van der Waals surface area contributed by atoms with Crippen LogP contribution in [0.1, 0.15) is 15.9 Å². The number of aromatic nitrogens is 2. The number of ether oxygens (including phenoxy) is 1. The van der Waals surface area contributed by atoms with Gasteiger partial charge in [-0.05, 0) is 28.3 Å². The fourth-order valence-electron chi connectivity index (χ4n) is 1.88. The highest BCUT2D eigenvalue weighted by molar-refractivity contribution is 9.10. The molecule has 0 aliphatic heterocycles. The van der Waals surface area contributed by atoms with Gasteiger partial charge in [0.2, 0.25) is 0 Å². The Bertz CT molecular complexity index is 842. The highest BCUT2D eigenvalue weighted by atomic mass is 79.9. The maximum atomic E-state index is 12.0. The fraction of sp³-hybridized carbons (Fsp3) is 0.143. The normalized spacial score (nSPS) is 10.1. The number of esters is 1. The van der Waals surface area contributed by atoms with Gasteiger partial charge in [0, 0.05) is 10.0 Å². The van der Waals surface area contributed by atoms with Crippen LogP contribution in [0.3, 0.4) is 0 Å². The van der Waals surface area contributed by atoms with Gasteiger partial charge in [0.25, 0.3) is 5.56 Å². The van der Waals surface area contributed by atoms with Crippen molar-refractivity contribution in [2.75, 3.05) is 13.4 Å². The van der Waals surface area contributed by atoms with Crippen molar-refractivity contribution in [3.63, 3.8) is 0 Å². The van der Waals surface area contributed by atoms with Crippen molar-refractivity contribution >= 4 is 33.7 Å². The van der Waals surface area contributed by atoms with Gasteiger partial charge >= 0.3 is 5.97 Å². The lowest BCUT2D eigenvalue weighted by atomic mass is 10.0. The van der Waals surface area contributed by atoms with Gasteiger partial charge in [0.1, 0.15) is 11.6 Å². The quantitative estimate of drug-likeness (QED) is 0.500. The van der Waals surface area contributed by atoms with Crippen LogP contribution in [0.15, 0.2) is 32.6 Å². The highest BCUT2D eigenvalue weighted by Crippen LogP contribution is 2.30. The topological polar surface area (TPSA) is 95.8 Å². The van der Waals surface area contributed by atoms with E-state index >= 15 is 0 Å². The van der Waals surface area contributed by atoms with Gasteiger partial charge in [-0.2, -0.15) is 5.26 Å². The molecule has 0 amide bonds. The average molecular weight is 380 g/mol. The van der Waals surface area contributed by atoms with E-state index in [9.17, 15) is 14.9 Å². The summed E-state index contributed by atoms with van der Waals surface area (Å²) in [5, 5.41) is 9.59. The maximum Gasteiger partial charge on any atom is 0.339 e. The zero-order valence-electron chi connectivity index (χ0n) is 11.6. The van der Waals surface area contributed by atoms with Crippen LogP contribution in [-0.4, -0.2) is 29.3 Å². The van der Waals surface area contributed by atoms with E-state index in [0.29, 0.717) is 15.2 Å². The second kappa shape index (κ2) is 6.77. The van der Waals surface area contributed by atoms with E-state index in [4.69, 9.17) is 4.74 Å². The summed E-state index contributed by atoms with van der Waals surface area (Å²) in [7, 11) is 1.26. The van der Waals surface area contributed by atoms with E-state index in [1.807, 2.05) is 6.07 Å². The minimum absolute atomic E-state index is 0.150. The van der Waals surface area contributed by atoms with Crippen molar-refractivity contribution in [1.82, 2.24) is 9.97 Å². The van der Waals surface area contributed by atoms with E-state index < -0.39 is 11.5 Å². The monoisotopic (exact) mass is 379 g/mol. The van der Waals surface area contributed by atoms with Crippen LogP contribution in [0.2, 0.25) is 0 Å². The zero-order chi connectivity index (χ0) is 16.3. The minimum atomic E-state index is -0.584. The molecule has 0 bridgehead atoms. The molecule has 6 nitrogen and oxygen atoms in total. The number of carbonyl (C=O) groups excluding carboxylic acids is 1. The first-order chi connectivity index (χ1) is 10.5. The van der Waals surface area contributed by atoms with E-state index in [-0.39, 0.29) is 16.8 Å². The molecular formula is C14H10BrN3O3S. The Labute approximate surface area is 138 Å². The summed E-state index contributed by atoms with van der Waals surface area (Å²) < 4.78 is 5.26. The lowest BCUT2D eigenvalue weighted by molar-refractivity contribution is 0.0600. The molecule has 8 heteroatoms. The first-order valence-electron chi connectivity index (χ1n) is 5.99. The number of thioether (sulfide) groups is 1. The molecule has 1 heterocycles. The number of nitrogens with one attached hydrogen (secondary N) is 1. The molecular weight excluding hydrogens is 370 g/mol. The van der Waals surface area contributed by atoms with E-state index in [1.165, 1.54) is 18.9 Å². The molecule has 0 saturated heterocycles. The number of halogens is 1. The molecule has 0 aliphatic carbocycles. The van der Waals surface area contributed by atoms with Crippen LogP contribution in [-0.2, 0) is 4.74 Å². The van der Waals surface area contributed by atoms with Gasteiger partial charge in [-0.15, -0.1) is 0 Å². The zero-order valence-corrected chi connectivity index (χ0v) is 14.0. The second-order valence-corrected chi connectivity index (χ2v) is 5.71. The van der Waals surface area contributed by atoms with E-state index in [0.717, 1.165) is 0 Å². The lowest BCUT2D eigenvalue weighted by Gasteiger charge is -2.11. The van der Waals surface area contributed by atoms with Gasteiger partial charge in [-0.3, -0.25) is 4.79 Å². The summed E-state index contributed by atoms with van der Waals surface area (Å²) in [4.78, 5) is 30.8. The number of H-pyrrole nitrogens is 1. The summed E-state index contributed by atoms with van der Waals surface area (Å²) in [6, 6.07) is 6.81. The Hall–Kier alpha value is -2.11. The summed E-state index contributed by atoms with van der Waals surface area (Å²) in [5.74, 6) is -0.584. The predicted octanol–water partition coefficient (Wildman–Crippen LogP) is 2.58. The molecule has 2 rings (SSSR count). The van der Waals surface area contributed by atoms with Gasteiger partial charge < -0.3 is 9.72 Å². The van der Waals surface area contributed by atoms with Crippen LogP contribution in [0.25, 0.3) is 11.3 Å². The van der Waals surface area contributed by atoms with Gasteiger partial charge in [-0.1, -0.05) is 23.9 Å². The number of nitrogens with zero attached hydrogens (tertiary/aromatic N) is 2. The van der Waals surface area contributed by atoms with Crippen molar-refractivity contribution in [1.29, 1.82) is 5.26 Å². The van der Waals surface area contributed by atoms with Crippen molar-refractivity contribution in [3.8, 4) is 17.3 Å². The molecule has 0 fully saturated rings. The second-order valence-electron chi connectivity index (χ2n) is 4.06. The van der Waals surface area contributed by atoms with Crippen molar-refractivity contribution < 1.29 is 9.53 Å². The Kier molecular flexibility index (Phi) is 5.00. The molecule has 1 aromatic carbocycles. The largest absolute Gasteiger partial charge is 0.465 e. The van der Waals surface area contributed by atoms with Crippen LogP contribution >= 0.6 is 27.7 Å². The number of nitriles is 1. The third-order valence-electron chi connectivity index (χ3n) is 2.86. The Morgan fingerprint density at radius 2 is 2.23 bits per heavy atom. The standard InChI is InChI=1S/C14H10BrN3O3S/c1-21-13(20)10-7(4-3-5-9(10)15)11-8(6-16)12(19)18-14(17-11)22-2/h3-5H,1-2H3,(H,17,18,19). The molecule has 112 valence electrons. The number of aromatic amines is 1. The van der Waals surface area contributed by atoms with Gasteiger partial charge in [0.05, 0.1) is 18.4 Å². The molecule has 2 aromatic rings. The number of hydrogen-bond acceptors (Lipinski definition) is 6. The van der Waals surface area contributed by atoms with Gasteiger partial charge in [0.15, 0.2) is 5.16 Å². The molecule has 0 unspecified atom stereocenters. The molecule has 0 saturated carbocycles. The van der Waals surface area contributed by atoms with Crippen molar-refractivity contribution in [2.24, 2.45) is 0 Å². The first-order valence-corrected chi connectivity index (χ1v) is 8.00. The molecule has 1 N–H and O–H groups in total. The lowest BCUT2D eigenvalue weighted by Crippen LogP contribution is -2.16. The third kappa shape index (κ3) is 2.91. The summed E-state index contributed by atoms with van der Waals surface area (Å²) in [6.45, 7) is 0. The smallest absolute Gasteiger partial charge is 0.339 e. The van der Waals surface area contributed by atoms with Crippen molar-refractivity contribution in [3.05, 3.63) is 44.2 Å². The first kappa shape index (κ1) is 16.3. The minimum Gasteiger partial charge on any atom is -0.465 e. The Balaban J connectivity index is 2.86. The van der Waals surface area contributed by atoms with Crippen molar-refractivity contribution in [2.45, 2.75) is 5.16 Å². The van der Waals surface area contributed by atoms with E-state index in [2.05, 4.69) is 25.9 Å². The molecule has 0 spiro atoms. The molecule has 0 radical (unpaired) electrons. The van der Waals surface area contributed by atoms with E-state index in [1.54, 1.807) is 24.5 Å². The average Bonchev–Trinajstić information content (AvgIpc) is 2.53. The van der Waals surface area contributed by atoms with Crippen LogP contribution in [0.4, 0.5) is 0 Å². The number of carbonyl (C=O) groups is 1. The number of benzene rings is 1. The Morgan fingerprint density at radius 3 is 2.82 bits per heavy atom. The Morgan fingerprint density at radius 1 is 1.50 bits per heavy atom. The summed E-state index contributed by atoms with van der Waals surface area (Å²) in [6.07, 6.45) is 1.75. The fourth-order valence-corrected chi connectivity index (χ4v) is 2.78. The maximum absolute atomic E-state index is 12.0. The molecule has 0 atom stereocenters. The summed E-state index contributed by atoms with van der Waals surface area (Å²) in [5.41, 5.74) is 0.0248. The molecule has 22 heavy (non-hydrogen) atoms. The van der Waals surface area contributed by atoms with Crippen LogP contribution in [0, 0.1) is 11.3 Å². The van der Waals surface area contributed by atoms with Crippen LogP contribution in [0.5, 0.6) is 0 Å². The third-order valence-corrected chi connectivity index (χ3v) is 4.10. The molecule has 0 aliphatic rings. The van der Waals surface area contributed by atoms with Crippen LogP contribution < -0.4 is 5.56 Å². The number of hydrogen-bond donors (Lipinski definition) is 1. The SMILES string of the molecule is COC(=O)c1c(Br)cccc1-c1nc(SC)[nH]c(=O)c1C#N. The molecule has 1 aromatic heterocycles.